The number of ether oxygens (including phenoxy) is 1. The molecule has 49 heavy (non-hydrogen) atoms. The van der Waals surface area contributed by atoms with Gasteiger partial charge in [-0.1, -0.05) is 65.7 Å². The number of nitrogen functional groups attached to an aromatic ring is 1. The summed E-state index contributed by atoms with van der Waals surface area (Å²) < 4.78 is 35.5. The first-order chi connectivity index (χ1) is 23.4. The number of nitrogens with one attached hydrogen (secondary N) is 1. The van der Waals surface area contributed by atoms with E-state index in [4.69, 9.17) is 39.1 Å². The molecule has 3 aromatic carbocycles. The summed E-state index contributed by atoms with van der Waals surface area (Å²) in [6, 6.07) is 18.3. The molecule has 0 saturated carbocycles. The maximum atomic E-state index is 14.1. The fraction of sp³-hybridized carbons (Fsp3) is 0.314. The lowest BCUT2D eigenvalue weighted by molar-refractivity contribution is -0.141. The van der Waals surface area contributed by atoms with E-state index in [9.17, 15) is 18.0 Å². The van der Waals surface area contributed by atoms with E-state index in [0.29, 0.717) is 61.4 Å². The molecule has 3 N–H and O–H groups in total. The van der Waals surface area contributed by atoms with E-state index in [0.717, 1.165) is 16.6 Å². The number of fused-ring (bicyclic) bond motifs is 1. The van der Waals surface area contributed by atoms with Crippen LogP contribution in [0.2, 0.25) is 10.0 Å². The molecule has 3 heterocycles. The summed E-state index contributed by atoms with van der Waals surface area (Å²) in [7, 11) is -4.19. The Morgan fingerprint density at radius 3 is 2.39 bits per heavy atom. The predicted molar refractivity (Wildman–Crippen MR) is 189 cm³/mol. The number of carbonyl (C=O) groups is 2. The molecule has 1 aromatic heterocycles. The van der Waals surface area contributed by atoms with Crippen LogP contribution in [0.15, 0.2) is 71.6 Å². The summed E-state index contributed by atoms with van der Waals surface area (Å²) in [5.41, 5.74) is 8.71. The third-order valence-corrected chi connectivity index (χ3v) is 11.8. The number of amidine groups is 1. The van der Waals surface area contributed by atoms with Crippen LogP contribution in [0.25, 0.3) is 10.9 Å². The van der Waals surface area contributed by atoms with E-state index in [1.807, 2.05) is 31.2 Å². The highest BCUT2D eigenvalue weighted by molar-refractivity contribution is 7.89. The SMILES string of the molecule is Cc1ccc2cccc(OCc3c(Cl)ccc(S(=O)(=O)N4CCCC4C(=O)N4CCN(C(=O)Cc5ccc(C(=N)N)cc5)CC4)c3Cl)c2n1. The van der Waals surface area contributed by atoms with Crippen molar-refractivity contribution in [3.05, 3.63) is 99.2 Å². The van der Waals surface area contributed by atoms with Gasteiger partial charge in [0.2, 0.25) is 21.8 Å². The molecule has 256 valence electrons. The molecule has 2 aliphatic heterocycles. The van der Waals surface area contributed by atoms with Gasteiger partial charge in [0.05, 0.1) is 11.4 Å². The molecule has 1 atom stereocenters. The van der Waals surface area contributed by atoms with Crippen molar-refractivity contribution in [2.45, 2.75) is 43.7 Å². The van der Waals surface area contributed by atoms with Gasteiger partial charge in [0.15, 0.2) is 0 Å². The van der Waals surface area contributed by atoms with E-state index < -0.39 is 16.1 Å². The topological polar surface area (TPSA) is 150 Å². The number of benzene rings is 3. The van der Waals surface area contributed by atoms with Gasteiger partial charge >= 0.3 is 0 Å². The first kappa shape index (κ1) is 34.6. The van der Waals surface area contributed by atoms with Crippen LogP contribution in [0.5, 0.6) is 5.75 Å². The summed E-state index contributed by atoms with van der Waals surface area (Å²) >= 11 is 13.3. The number of sulfonamides is 1. The lowest BCUT2D eigenvalue weighted by Gasteiger charge is -2.37. The minimum absolute atomic E-state index is 0.0383. The Labute approximate surface area is 295 Å². The zero-order chi connectivity index (χ0) is 34.9. The third kappa shape index (κ3) is 7.23. The van der Waals surface area contributed by atoms with Crippen molar-refractivity contribution in [2.75, 3.05) is 32.7 Å². The van der Waals surface area contributed by atoms with Gasteiger partial charge in [0, 0.05) is 60.0 Å². The number of aryl methyl sites for hydroxylation is 1. The van der Waals surface area contributed by atoms with Gasteiger partial charge in [-0.25, -0.2) is 13.4 Å². The number of aromatic nitrogens is 1. The Hall–Kier alpha value is -4.23. The van der Waals surface area contributed by atoms with Crippen LogP contribution in [-0.4, -0.2) is 83.9 Å². The second-order valence-electron chi connectivity index (χ2n) is 12.2. The van der Waals surface area contributed by atoms with Crippen molar-refractivity contribution >= 4 is 61.8 Å². The largest absolute Gasteiger partial charge is 0.487 e. The standard InChI is InChI=1S/C35H36Cl2N6O5S/c1-22-7-10-24-4-2-6-29(33(24)40-22)48-21-26-27(36)13-14-30(32(26)37)49(46,47)43-15-3-5-28(43)35(45)42-18-16-41(17-19-42)31(44)20-23-8-11-25(12-9-23)34(38)39/h2,4,6-14,28H,3,5,15-21H2,1H3,(H3,38,39). The molecular weight excluding hydrogens is 687 g/mol. The Bertz CT molecular complexity index is 2030. The lowest BCUT2D eigenvalue weighted by Crippen LogP contribution is -2.55. The number of halogens is 2. The molecular formula is C35H36Cl2N6O5S. The zero-order valence-corrected chi connectivity index (χ0v) is 29.2. The molecule has 11 nitrogen and oxygen atoms in total. The summed E-state index contributed by atoms with van der Waals surface area (Å²) in [6.07, 6.45) is 1.08. The first-order valence-corrected chi connectivity index (χ1v) is 18.1. The molecule has 2 aliphatic rings. The molecule has 0 spiro atoms. The highest BCUT2D eigenvalue weighted by atomic mass is 35.5. The number of hydrogen-bond acceptors (Lipinski definition) is 7. The second kappa shape index (κ2) is 14.3. The van der Waals surface area contributed by atoms with E-state index in [2.05, 4.69) is 4.98 Å². The Kier molecular flexibility index (Phi) is 10.1. The maximum absolute atomic E-state index is 14.1. The van der Waals surface area contributed by atoms with Gasteiger partial charge < -0.3 is 20.3 Å². The Balaban J connectivity index is 1.12. The molecule has 2 saturated heterocycles. The van der Waals surface area contributed by atoms with Crippen molar-refractivity contribution in [1.82, 2.24) is 19.1 Å². The number of nitrogens with two attached hydrogens (primary N) is 1. The summed E-state index contributed by atoms with van der Waals surface area (Å²) in [5.74, 6) is 0.109. The molecule has 2 amide bonds. The van der Waals surface area contributed by atoms with Crippen molar-refractivity contribution < 1.29 is 22.7 Å². The molecule has 14 heteroatoms. The number of carbonyl (C=O) groups excluding carboxylic acids is 2. The van der Waals surface area contributed by atoms with Crippen LogP contribution in [0.3, 0.4) is 0 Å². The van der Waals surface area contributed by atoms with E-state index >= 15 is 0 Å². The second-order valence-corrected chi connectivity index (χ2v) is 14.8. The number of rotatable bonds is 9. The molecule has 6 rings (SSSR count). The maximum Gasteiger partial charge on any atom is 0.245 e. The van der Waals surface area contributed by atoms with Crippen molar-refractivity contribution in [1.29, 1.82) is 5.41 Å². The fourth-order valence-electron chi connectivity index (χ4n) is 6.27. The molecule has 2 fully saturated rings. The van der Waals surface area contributed by atoms with Crippen LogP contribution in [0.1, 0.15) is 35.2 Å². The average Bonchev–Trinajstić information content (AvgIpc) is 3.59. The number of amides is 2. The minimum Gasteiger partial charge on any atom is -0.487 e. The lowest BCUT2D eigenvalue weighted by atomic mass is 10.1. The van der Waals surface area contributed by atoms with Crippen molar-refractivity contribution in [2.24, 2.45) is 5.73 Å². The molecule has 0 radical (unpaired) electrons. The van der Waals surface area contributed by atoms with Crippen molar-refractivity contribution in [3.8, 4) is 5.75 Å². The van der Waals surface area contributed by atoms with E-state index in [1.165, 1.54) is 16.4 Å². The molecule has 0 bridgehead atoms. The molecule has 0 aliphatic carbocycles. The van der Waals surface area contributed by atoms with Gasteiger partial charge in [-0.15, -0.1) is 0 Å². The van der Waals surface area contributed by atoms with Gasteiger partial charge in [0.25, 0.3) is 0 Å². The molecule has 4 aromatic rings. The number of hydrogen-bond donors (Lipinski definition) is 2. The van der Waals surface area contributed by atoms with Crippen LogP contribution < -0.4 is 10.5 Å². The number of para-hydroxylation sites is 1. The smallest absolute Gasteiger partial charge is 0.245 e. The number of pyridine rings is 1. The summed E-state index contributed by atoms with van der Waals surface area (Å²) in [5, 5.41) is 8.61. The Morgan fingerprint density at radius 1 is 0.959 bits per heavy atom. The van der Waals surface area contributed by atoms with Crippen LogP contribution in [0, 0.1) is 12.3 Å². The zero-order valence-electron chi connectivity index (χ0n) is 26.9. The van der Waals surface area contributed by atoms with Crippen LogP contribution >= 0.6 is 23.2 Å². The van der Waals surface area contributed by atoms with Crippen molar-refractivity contribution in [3.63, 3.8) is 0 Å². The monoisotopic (exact) mass is 722 g/mol. The highest BCUT2D eigenvalue weighted by Gasteiger charge is 2.43. The quantitative estimate of drug-likeness (QED) is 0.187. The highest BCUT2D eigenvalue weighted by Crippen LogP contribution is 2.37. The van der Waals surface area contributed by atoms with E-state index in [1.54, 1.807) is 40.1 Å². The number of piperazine rings is 1. The third-order valence-electron chi connectivity index (χ3n) is 8.98. The van der Waals surface area contributed by atoms with Gasteiger partial charge in [-0.2, -0.15) is 4.31 Å². The number of nitrogens with zero attached hydrogens (tertiary/aromatic N) is 4. The minimum atomic E-state index is -4.19. The normalized spacial score (nSPS) is 17.0. The Morgan fingerprint density at radius 2 is 1.67 bits per heavy atom. The summed E-state index contributed by atoms with van der Waals surface area (Å²) in [6.45, 7) is 3.24. The average molecular weight is 724 g/mol. The first-order valence-electron chi connectivity index (χ1n) is 15.9. The van der Waals surface area contributed by atoms with Gasteiger partial charge in [-0.3, -0.25) is 15.0 Å². The predicted octanol–water partition coefficient (Wildman–Crippen LogP) is 4.78. The molecule has 1 unspecified atom stereocenters. The summed E-state index contributed by atoms with van der Waals surface area (Å²) in [4.78, 5) is 34.5. The van der Waals surface area contributed by atoms with E-state index in [-0.39, 0.29) is 52.2 Å². The van der Waals surface area contributed by atoms with Crippen LogP contribution in [0.4, 0.5) is 0 Å². The fourth-order valence-corrected chi connectivity index (χ4v) is 8.78. The van der Waals surface area contributed by atoms with Gasteiger partial charge in [0.1, 0.15) is 34.6 Å². The van der Waals surface area contributed by atoms with Gasteiger partial charge in [-0.05, 0) is 49.6 Å². The van der Waals surface area contributed by atoms with Crippen LogP contribution in [-0.2, 0) is 32.6 Å².